The molecule has 0 saturated carbocycles. The van der Waals surface area contributed by atoms with Crippen molar-refractivity contribution in [2.24, 2.45) is 0 Å². The molecule has 3 heteroatoms. The zero-order chi connectivity index (χ0) is 6.85. The van der Waals surface area contributed by atoms with Gasteiger partial charge in [-0.15, -0.1) is 0 Å². The Labute approximate surface area is 51.3 Å². The van der Waals surface area contributed by atoms with Crippen LogP contribution in [0, 0.1) is 18.7 Å². The summed E-state index contributed by atoms with van der Waals surface area (Å²) in [6.45, 7) is 1.49. The van der Waals surface area contributed by atoms with Crippen molar-refractivity contribution in [1.29, 1.82) is 0 Å². The first kappa shape index (κ1) is 6.13. The maximum Gasteiger partial charge on any atom is 0.249 e. The number of halogens is 2. The summed E-state index contributed by atoms with van der Waals surface area (Å²) in [6, 6.07) is 1.42. The molecule has 0 amide bonds. The standard InChI is InChI=1S/C6H5F2N/c1-4-2-3-9-6(8)5(4)7/h2-3H,1H3. The van der Waals surface area contributed by atoms with Crippen LogP contribution in [0.5, 0.6) is 0 Å². The molecule has 0 unspecified atom stereocenters. The number of nitrogens with zero attached hydrogens (tertiary/aromatic N) is 1. The van der Waals surface area contributed by atoms with Crippen LogP contribution < -0.4 is 0 Å². The second kappa shape index (κ2) is 2.09. The third kappa shape index (κ3) is 1.04. The number of aromatic nitrogens is 1. The average Bonchev–Trinajstić information content (AvgIpc) is 1.83. The number of hydrogen-bond donors (Lipinski definition) is 0. The van der Waals surface area contributed by atoms with Crippen LogP contribution in [0.15, 0.2) is 12.3 Å². The van der Waals surface area contributed by atoms with E-state index < -0.39 is 11.8 Å². The fourth-order valence-electron chi connectivity index (χ4n) is 0.507. The molecule has 0 aliphatic carbocycles. The molecule has 0 aliphatic heterocycles. The van der Waals surface area contributed by atoms with E-state index in [1.807, 2.05) is 0 Å². The maximum absolute atomic E-state index is 12.3. The lowest BCUT2D eigenvalue weighted by Crippen LogP contribution is -1.90. The largest absolute Gasteiger partial charge is 0.249 e. The molecule has 0 aliphatic rings. The van der Waals surface area contributed by atoms with E-state index in [1.165, 1.54) is 19.2 Å². The van der Waals surface area contributed by atoms with Crippen LogP contribution in [0.4, 0.5) is 8.78 Å². The van der Waals surface area contributed by atoms with Gasteiger partial charge in [0.2, 0.25) is 5.95 Å². The Morgan fingerprint density at radius 2 is 2.11 bits per heavy atom. The van der Waals surface area contributed by atoms with E-state index in [0.717, 1.165) is 0 Å². The van der Waals surface area contributed by atoms with E-state index in [4.69, 9.17) is 0 Å². The second-order valence-corrected chi connectivity index (χ2v) is 1.73. The van der Waals surface area contributed by atoms with E-state index >= 15 is 0 Å². The maximum atomic E-state index is 12.3. The van der Waals surface area contributed by atoms with E-state index in [9.17, 15) is 8.78 Å². The van der Waals surface area contributed by atoms with E-state index in [1.54, 1.807) is 0 Å². The molecule has 0 fully saturated rings. The lowest BCUT2D eigenvalue weighted by atomic mass is 10.3. The summed E-state index contributed by atoms with van der Waals surface area (Å²) in [7, 11) is 0. The minimum atomic E-state index is -1.03. The van der Waals surface area contributed by atoms with Crippen LogP contribution in [0.2, 0.25) is 0 Å². The van der Waals surface area contributed by atoms with Crippen LogP contribution in [0.3, 0.4) is 0 Å². The molecule has 0 N–H and O–H groups in total. The smallest absolute Gasteiger partial charge is 0.226 e. The van der Waals surface area contributed by atoms with Gasteiger partial charge in [-0.2, -0.15) is 4.39 Å². The highest BCUT2D eigenvalue weighted by Gasteiger charge is 2.02. The monoisotopic (exact) mass is 129 g/mol. The summed E-state index contributed by atoms with van der Waals surface area (Å²) in [5.74, 6) is -1.90. The molecule has 1 aromatic rings. The molecular formula is C6H5F2N. The van der Waals surface area contributed by atoms with Gasteiger partial charge in [0, 0.05) is 6.20 Å². The molecular weight excluding hydrogens is 124 g/mol. The molecule has 48 valence electrons. The van der Waals surface area contributed by atoms with Gasteiger partial charge in [0.15, 0.2) is 5.82 Å². The molecule has 1 heterocycles. The normalized spacial score (nSPS) is 9.67. The lowest BCUT2D eigenvalue weighted by Gasteiger charge is -1.92. The fraction of sp³-hybridized carbons (Fsp3) is 0.167. The van der Waals surface area contributed by atoms with Gasteiger partial charge < -0.3 is 0 Å². The average molecular weight is 129 g/mol. The number of rotatable bonds is 0. The van der Waals surface area contributed by atoms with Gasteiger partial charge in [-0.3, -0.25) is 0 Å². The van der Waals surface area contributed by atoms with E-state index in [2.05, 4.69) is 4.98 Å². The molecule has 1 nitrogen and oxygen atoms in total. The second-order valence-electron chi connectivity index (χ2n) is 1.73. The highest BCUT2D eigenvalue weighted by molar-refractivity contribution is 5.10. The molecule has 9 heavy (non-hydrogen) atoms. The molecule has 1 aromatic heterocycles. The van der Waals surface area contributed by atoms with Gasteiger partial charge in [0.05, 0.1) is 0 Å². The Morgan fingerprint density at radius 3 is 2.56 bits per heavy atom. The predicted octanol–water partition coefficient (Wildman–Crippen LogP) is 1.67. The lowest BCUT2D eigenvalue weighted by molar-refractivity contribution is 0.474. The van der Waals surface area contributed by atoms with Crippen molar-refractivity contribution in [2.75, 3.05) is 0 Å². The summed E-state index contributed by atoms with van der Waals surface area (Å²) in [5, 5.41) is 0. The first-order valence-corrected chi connectivity index (χ1v) is 2.48. The Balaban J connectivity index is 3.25. The van der Waals surface area contributed by atoms with Gasteiger partial charge in [0.1, 0.15) is 0 Å². The minimum Gasteiger partial charge on any atom is -0.226 e. The molecule has 1 rings (SSSR count). The molecule has 0 saturated heterocycles. The third-order valence-electron chi connectivity index (χ3n) is 1.04. The molecule has 0 bridgehead atoms. The molecule has 0 spiro atoms. The predicted molar refractivity (Wildman–Crippen MR) is 28.9 cm³/mol. The van der Waals surface area contributed by atoms with Gasteiger partial charge in [-0.05, 0) is 18.6 Å². The Kier molecular flexibility index (Phi) is 1.42. The van der Waals surface area contributed by atoms with Crippen LogP contribution in [-0.2, 0) is 0 Å². The third-order valence-corrected chi connectivity index (χ3v) is 1.04. The highest BCUT2D eigenvalue weighted by atomic mass is 19.2. The van der Waals surface area contributed by atoms with Crippen molar-refractivity contribution in [3.63, 3.8) is 0 Å². The van der Waals surface area contributed by atoms with Crippen molar-refractivity contribution < 1.29 is 8.78 Å². The van der Waals surface area contributed by atoms with Crippen LogP contribution in [-0.4, -0.2) is 4.98 Å². The van der Waals surface area contributed by atoms with Crippen molar-refractivity contribution in [3.8, 4) is 0 Å². The van der Waals surface area contributed by atoms with E-state index in [0.29, 0.717) is 0 Å². The zero-order valence-electron chi connectivity index (χ0n) is 4.86. The zero-order valence-corrected chi connectivity index (χ0v) is 4.86. The van der Waals surface area contributed by atoms with Gasteiger partial charge in [-0.1, -0.05) is 0 Å². The summed E-state index contributed by atoms with van der Waals surface area (Å²) >= 11 is 0. The van der Waals surface area contributed by atoms with Crippen molar-refractivity contribution in [2.45, 2.75) is 6.92 Å². The highest BCUT2D eigenvalue weighted by Crippen LogP contribution is 2.05. The van der Waals surface area contributed by atoms with Crippen molar-refractivity contribution in [3.05, 3.63) is 29.6 Å². The summed E-state index contributed by atoms with van der Waals surface area (Å²) in [5.41, 5.74) is 0.280. The SMILES string of the molecule is Cc1ccnc(F)c1F. The topological polar surface area (TPSA) is 12.9 Å². The molecule has 0 aromatic carbocycles. The quantitative estimate of drug-likeness (QED) is 0.485. The Bertz CT molecular complexity index is 202. The van der Waals surface area contributed by atoms with Gasteiger partial charge in [-0.25, -0.2) is 9.37 Å². The minimum absolute atomic E-state index is 0.280. The first-order valence-electron chi connectivity index (χ1n) is 2.48. The summed E-state index contributed by atoms with van der Waals surface area (Å²) in [6.07, 6.45) is 1.23. The van der Waals surface area contributed by atoms with E-state index in [-0.39, 0.29) is 5.56 Å². The van der Waals surface area contributed by atoms with Crippen LogP contribution in [0.25, 0.3) is 0 Å². The summed E-state index contributed by atoms with van der Waals surface area (Å²) in [4.78, 5) is 3.10. The van der Waals surface area contributed by atoms with Crippen molar-refractivity contribution in [1.82, 2.24) is 4.98 Å². The summed E-state index contributed by atoms with van der Waals surface area (Å²) < 4.78 is 24.4. The Morgan fingerprint density at radius 1 is 1.44 bits per heavy atom. The number of hydrogen-bond acceptors (Lipinski definition) is 1. The number of aryl methyl sites for hydroxylation is 1. The van der Waals surface area contributed by atoms with Crippen LogP contribution in [0.1, 0.15) is 5.56 Å². The first-order chi connectivity index (χ1) is 4.22. The number of pyridine rings is 1. The molecule has 0 atom stereocenters. The van der Waals surface area contributed by atoms with Gasteiger partial charge >= 0.3 is 0 Å². The fourth-order valence-corrected chi connectivity index (χ4v) is 0.507. The molecule has 0 radical (unpaired) electrons. The van der Waals surface area contributed by atoms with Crippen molar-refractivity contribution >= 4 is 0 Å². The Hall–Kier alpha value is -0.990. The van der Waals surface area contributed by atoms with Crippen LogP contribution >= 0.6 is 0 Å². The van der Waals surface area contributed by atoms with Gasteiger partial charge in [0.25, 0.3) is 0 Å².